The van der Waals surface area contributed by atoms with E-state index in [1.807, 2.05) is 18.5 Å². The number of hydrogen-bond donors (Lipinski definition) is 0. The van der Waals surface area contributed by atoms with E-state index in [0.29, 0.717) is 0 Å². The average Bonchev–Trinajstić information content (AvgIpc) is 2.29. The number of allylic oxidation sites excluding steroid dienone is 1. The van der Waals surface area contributed by atoms with E-state index in [0.717, 1.165) is 5.33 Å². The Morgan fingerprint density at radius 1 is 1.33 bits per heavy atom. The van der Waals surface area contributed by atoms with Crippen LogP contribution in [0.15, 0.2) is 42.2 Å². The minimum Gasteiger partial charge on any atom is -0.263 e. The fourth-order valence-electron chi connectivity index (χ4n) is 1.56. The van der Waals surface area contributed by atoms with Crippen molar-refractivity contribution < 1.29 is 0 Å². The normalized spacial score (nSPS) is 12.0. The summed E-state index contributed by atoms with van der Waals surface area (Å²) in [5.74, 6) is 0. The highest BCUT2D eigenvalue weighted by molar-refractivity contribution is 9.09. The molecule has 1 heterocycles. The monoisotopic (exact) mass is 261 g/mol. The van der Waals surface area contributed by atoms with Crippen molar-refractivity contribution in [2.75, 3.05) is 5.33 Å². The third-order valence-electron chi connectivity index (χ3n) is 2.31. The first kappa shape index (κ1) is 10.4. The molecule has 2 aromatic rings. The smallest absolute Gasteiger partial charge is 0.0346 e. The second kappa shape index (κ2) is 4.58. The first-order valence-corrected chi connectivity index (χ1v) is 5.99. The predicted octanol–water partition coefficient (Wildman–Crippen LogP) is 4.03. The van der Waals surface area contributed by atoms with Crippen molar-refractivity contribution >= 4 is 32.8 Å². The van der Waals surface area contributed by atoms with Crippen molar-refractivity contribution in [3.05, 3.63) is 47.8 Å². The van der Waals surface area contributed by atoms with E-state index in [-0.39, 0.29) is 0 Å². The second-order valence-corrected chi connectivity index (χ2v) is 4.13. The minimum atomic E-state index is 0.899. The molecule has 0 amide bonds. The van der Waals surface area contributed by atoms with Crippen LogP contribution in [0.25, 0.3) is 16.8 Å². The van der Waals surface area contributed by atoms with Crippen molar-refractivity contribution in [3.8, 4) is 0 Å². The summed E-state index contributed by atoms with van der Waals surface area (Å²) < 4.78 is 0. The van der Waals surface area contributed by atoms with Gasteiger partial charge >= 0.3 is 0 Å². The molecule has 0 unspecified atom stereocenters. The Morgan fingerprint density at radius 2 is 2.13 bits per heavy atom. The van der Waals surface area contributed by atoms with E-state index in [1.54, 1.807) is 0 Å². The number of pyridine rings is 1. The number of fused-ring (bicyclic) bond motifs is 1. The maximum Gasteiger partial charge on any atom is 0.0346 e. The average molecular weight is 262 g/mol. The van der Waals surface area contributed by atoms with Gasteiger partial charge in [-0.3, -0.25) is 4.98 Å². The Balaban J connectivity index is 2.61. The van der Waals surface area contributed by atoms with Gasteiger partial charge in [0.05, 0.1) is 0 Å². The quantitative estimate of drug-likeness (QED) is 0.744. The Bertz CT molecular complexity index is 497. The van der Waals surface area contributed by atoms with Gasteiger partial charge in [0.15, 0.2) is 0 Å². The fourth-order valence-corrected chi connectivity index (χ4v) is 1.72. The van der Waals surface area contributed by atoms with Crippen LogP contribution in [0.4, 0.5) is 0 Å². The van der Waals surface area contributed by atoms with Crippen LogP contribution in [0.5, 0.6) is 0 Å². The van der Waals surface area contributed by atoms with Crippen LogP contribution in [-0.4, -0.2) is 10.3 Å². The van der Waals surface area contributed by atoms with Gasteiger partial charge in [0, 0.05) is 28.7 Å². The van der Waals surface area contributed by atoms with E-state index < -0.39 is 0 Å². The van der Waals surface area contributed by atoms with Crippen LogP contribution in [0.1, 0.15) is 12.5 Å². The molecule has 0 radical (unpaired) electrons. The molecular weight excluding hydrogens is 250 g/mol. The lowest BCUT2D eigenvalue weighted by Crippen LogP contribution is -1.83. The van der Waals surface area contributed by atoms with Gasteiger partial charge in [-0.25, -0.2) is 0 Å². The molecular formula is C13H12BrN. The topological polar surface area (TPSA) is 12.9 Å². The molecule has 1 aromatic carbocycles. The Hall–Kier alpha value is -1.15. The molecule has 0 aliphatic rings. The van der Waals surface area contributed by atoms with E-state index >= 15 is 0 Å². The van der Waals surface area contributed by atoms with Crippen molar-refractivity contribution in [1.29, 1.82) is 0 Å². The first-order valence-electron chi connectivity index (χ1n) is 4.87. The molecule has 0 saturated carbocycles. The fraction of sp³-hybridized carbons (Fsp3) is 0.154. The largest absolute Gasteiger partial charge is 0.263 e. The highest BCUT2D eigenvalue weighted by atomic mass is 79.9. The molecule has 0 atom stereocenters. The second-order valence-electron chi connectivity index (χ2n) is 3.57. The highest BCUT2D eigenvalue weighted by Crippen LogP contribution is 2.19. The van der Waals surface area contributed by atoms with Crippen molar-refractivity contribution in [1.82, 2.24) is 4.98 Å². The molecule has 0 aliphatic heterocycles. The van der Waals surface area contributed by atoms with Gasteiger partial charge in [0.2, 0.25) is 0 Å². The van der Waals surface area contributed by atoms with Crippen molar-refractivity contribution in [2.45, 2.75) is 6.92 Å². The summed E-state index contributed by atoms with van der Waals surface area (Å²) in [4.78, 5) is 4.24. The zero-order chi connectivity index (χ0) is 10.7. The Kier molecular flexibility index (Phi) is 3.17. The Morgan fingerprint density at radius 3 is 2.93 bits per heavy atom. The lowest BCUT2D eigenvalue weighted by Gasteiger charge is -2.02. The highest BCUT2D eigenvalue weighted by Gasteiger charge is 1.98. The van der Waals surface area contributed by atoms with Gasteiger partial charge in [-0.05, 0) is 12.3 Å². The van der Waals surface area contributed by atoms with Gasteiger partial charge in [-0.2, -0.15) is 0 Å². The molecule has 0 aliphatic carbocycles. The predicted molar refractivity (Wildman–Crippen MR) is 69.2 cm³/mol. The van der Waals surface area contributed by atoms with Gasteiger partial charge in [0.25, 0.3) is 0 Å². The van der Waals surface area contributed by atoms with Gasteiger partial charge in [-0.15, -0.1) is 0 Å². The molecule has 0 spiro atoms. The number of rotatable bonds is 2. The van der Waals surface area contributed by atoms with Gasteiger partial charge < -0.3 is 0 Å². The summed E-state index contributed by atoms with van der Waals surface area (Å²) in [6.45, 7) is 2.11. The molecule has 76 valence electrons. The minimum absolute atomic E-state index is 0.899. The molecule has 0 fully saturated rings. The molecule has 0 N–H and O–H groups in total. The molecule has 15 heavy (non-hydrogen) atoms. The van der Waals surface area contributed by atoms with Crippen LogP contribution in [0.3, 0.4) is 0 Å². The lowest BCUT2D eigenvalue weighted by molar-refractivity contribution is 1.34. The van der Waals surface area contributed by atoms with Gasteiger partial charge in [0.1, 0.15) is 0 Å². The number of aromatic nitrogens is 1. The first-order chi connectivity index (χ1) is 7.31. The zero-order valence-corrected chi connectivity index (χ0v) is 10.2. The summed E-state index contributed by atoms with van der Waals surface area (Å²) in [7, 11) is 0. The zero-order valence-electron chi connectivity index (χ0n) is 8.57. The van der Waals surface area contributed by atoms with E-state index in [2.05, 4.69) is 52.1 Å². The summed E-state index contributed by atoms with van der Waals surface area (Å²) >= 11 is 3.45. The number of hydrogen-bond acceptors (Lipinski definition) is 1. The van der Waals surface area contributed by atoms with Crippen molar-refractivity contribution in [2.24, 2.45) is 0 Å². The number of halogens is 1. The Labute approximate surface area is 98.0 Å². The maximum atomic E-state index is 4.24. The third kappa shape index (κ3) is 2.26. The van der Waals surface area contributed by atoms with E-state index in [4.69, 9.17) is 0 Å². The van der Waals surface area contributed by atoms with Crippen LogP contribution in [0.2, 0.25) is 0 Å². The molecule has 1 aromatic heterocycles. The van der Waals surface area contributed by atoms with Crippen molar-refractivity contribution in [3.63, 3.8) is 0 Å². The lowest BCUT2D eigenvalue weighted by atomic mass is 10.1. The summed E-state index contributed by atoms with van der Waals surface area (Å²) in [5.41, 5.74) is 2.48. The molecule has 0 saturated heterocycles. The molecule has 1 nitrogen and oxygen atoms in total. The van der Waals surface area contributed by atoms with Crippen LogP contribution in [-0.2, 0) is 0 Å². The number of nitrogens with zero attached hydrogens (tertiary/aromatic N) is 1. The van der Waals surface area contributed by atoms with Crippen LogP contribution in [0, 0.1) is 0 Å². The summed E-state index contributed by atoms with van der Waals surface area (Å²) in [5, 5.41) is 3.34. The summed E-state index contributed by atoms with van der Waals surface area (Å²) in [6.07, 6.45) is 5.98. The third-order valence-corrected chi connectivity index (χ3v) is 3.20. The summed E-state index contributed by atoms with van der Waals surface area (Å²) in [6, 6.07) is 8.31. The standard InChI is InChI=1S/C13H12BrN/c1-10(7-14)6-12-9-15-8-11-4-2-3-5-13(11)12/h2-6,8-9H,7H2,1H3/b10-6-. The molecule has 2 heteroatoms. The van der Waals surface area contributed by atoms with Crippen LogP contribution >= 0.6 is 15.9 Å². The number of benzene rings is 1. The number of alkyl halides is 1. The molecule has 2 rings (SSSR count). The maximum absolute atomic E-state index is 4.24. The van der Waals surface area contributed by atoms with E-state index in [1.165, 1.54) is 21.9 Å². The SMILES string of the molecule is C/C(=C/c1cncc2ccccc12)CBr. The molecule has 0 bridgehead atoms. The van der Waals surface area contributed by atoms with E-state index in [9.17, 15) is 0 Å². The van der Waals surface area contributed by atoms with Crippen LogP contribution < -0.4 is 0 Å². The van der Waals surface area contributed by atoms with Gasteiger partial charge in [-0.1, -0.05) is 51.8 Å².